The quantitative estimate of drug-likeness (QED) is 0.281. The van der Waals surface area contributed by atoms with E-state index in [0.29, 0.717) is 5.82 Å². The molecule has 5 N–H and O–H groups in total. The van der Waals surface area contributed by atoms with Gasteiger partial charge in [-0.05, 0) is 6.08 Å². The summed E-state index contributed by atoms with van der Waals surface area (Å²) in [6.45, 7) is 0. The number of rotatable bonds is 2. The summed E-state index contributed by atoms with van der Waals surface area (Å²) in [6, 6.07) is 0. The van der Waals surface area contributed by atoms with Crippen molar-refractivity contribution in [3.63, 3.8) is 0 Å². The number of nitrogen functional groups attached to an aromatic ring is 1. The van der Waals surface area contributed by atoms with Gasteiger partial charge in [0.1, 0.15) is 0 Å². The number of carbonyl (C=O) groups is 1. The Bertz CT molecular complexity index is 368. The first-order valence-electron chi connectivity index (χ1n) is 3.34. The van der Waals surface area contributed by atoms with E-state index in [9.17, 15) is 4.79 Å². The highest BCUT2D eigenvalue weighted by molar-refractivity contribution is 5.84. The van der Waals surface area contributed by atoms with E-state index < -0.39 is 11.1 Å². The van der Waals surface area contributed by atoms with Crippen LogP contribution in [-0.2, 0) is 4.79 Å². The predicted octanol–water partition coefficient (Wildman–Crippen LogP) is -0.863. The molecule has 15 heavy (non-hydrogen) atoms. The van der Waals surface area contributed by atoms with Crippen LogP contribution in [0.15, 0.2) is 6.08 Å². The second kappa shape index (κ2) is 5.90. The largest absolute Gasteiger partial charge is 0.478 e. The van der Waals surface area contributed by atoms with Crippen molar-refractivity contribution in [2.75, 3.05) is 5.73 Å². The Kier molecular flexibility index (Phi) is 4.86. The molecule has 0 aliphatic rings. The summed E-state index contributed by atoms with van der Waals surface area (Å²) in [6.07, 6.45) is 2.21. The van der Waals surface area contributed by atoms with E-state index in [4.69, 9.17) is 26.2 Å². The third-order valence-corrected chi connectivity index (χ3v) is 0.904. The number of hydrogen-bond acceptors (Lipinski definition) is 6. The smallest absolute Gasteiger partial charge is 0.328 e. The van der Waals surface area contributed by atoms with Gasteiger partial charge < -0.3 is 16.0 Å². The minimum absolute atomic E-state index is 0.0926. The summed E-state index contributed by atoms with van der Waals surface area (Å²) in [5, 5.41) is 27.8. The Morgan fingerprint density at radius 2 is 2.20 bits per heavy atom. The zero-order valence-electron chi connectivity index (χ0n) is 7.19. The topological polar surface area (TPSA) is 168 Å². The summed E-state index contributed by atoms with van der Waals surface area (Å²) in [4.78, 5) is 22.0. The molecule has 0 fully saturated rings. The van der Waals surface area contributed by atoms with Crippen LogP contribution in [-0.4, -0.2) is 36.6 Å². The fourth-order valence-corrected chi connectivity index (χ4v) is 0.513. The Morgan fingerprint density at radius 1 is 1.67 bits per heavy atom. The van der Waals surface area contributed by atoms with Crippen LogP contribution in [0.4, 0.5) is 5.95 Å². The lowest BCUT2D eigenvalue weighted by Crippen LogP contribution is -1.87. The monoisotopic (exact) mass is 217 g/mol. The summed E-state index contributed by atoms with van der Waals surface area (Å²) in [5.74, 6) is -0.625. The number of nitrogens with two attached hydrogens (primary N) is 1. The van der Waals surface area contributed by atoms with Crippen molar-refractivity contribution in [3.8, 4) is 0 Å². The van der Waals surface area contributed by atoms with Gasteiger partial charge in [0.05, 0.1) is 0 Å². The summed E-state index contributed by atoms with van der Waals surface area (Å²) < 4.78 is 0. The molecule has 1 heterocycles. The molecule has 10 nitrogen and oxygen atoms in total. The summed E-state index contributed by atoms with van der Waals surface area (Å²) in [5.41, 5.74) is 5.15. The summed E-state index contributed by atoms with van der Waals surface area (Å²) >= 11 is 0. The van der Waals surface area contributed by atoms with Crippen LogP contribution in [0.25, 0.3) is 6.08 Å². The molecule has 0 saturated carbocycles. The Hall–Kier alpha value is -2.65. The minimum Gasteiger partial charge on any atom is -0.478 e. The highest BCUT2D eigenvalue weighted by atomic mass is 16.9. The Morgan fingerprint density at radius 3 is 2.53 bits per heavy atom. The number of H-pyrrole nitrogens is 1. The number of aromatic amines is 1. The molecule has 0 aliphatic carbocycles. The standard InChI is InChI=1S/C5H6N4O2.HNO3/c6-5-7-3(8-9-5)1-2-4(10)11;2-1(3)4/h1-2H,(H,10,11)(H3,6,7,8,9);(H,2,3,4). The van der Waals surface area contributed by atoms with Gasteiger partial charge in [-0.15, -0.1) is 15.2 Å². The first-order chi connectivity index (χ1) is 6.91. The van der Waals surface area contributed by atoms with Crippen LogP contribution in [0, 0.1) is 10.1 Å². The zero-order valence-corrected chi connectivity index (χ0v) is 7.19. The zero-order chi connectivity index (χ0) is 11.8. The van der Waals surface area contributed by atoms with E-state index in [-0.39, 0.29) is 5.95 Å². The maximum Gasteiger partial charge on any atom is 0.328 e. The lowest BCUT2D eigenvalue weighted by atomic mass is 10.5. The van der Waals surface area contributed by atoms with Gasteiger partial charge in [-0.3, -0.25) is 5.10 Å². The number of anilines is 1. The van der Waals surface area contributed by atoms with Gasteiger partial charge in [-0.25, -0.2) is 4.79 Å². The van der Waals surface area contributed by atoms with Gasteiger partial charge in [-0.1, -0.05) is 0 Å². The molecular weight excluding hydrogens is 210 g/mol. The van der Waals surface area contributed by atoms with Crippen LogP contribution in [0.3, 0.4) is 0 Å². The molecule has 1 aromatic heterocycles. The molecular formula is C5H7N5O5. The molecule has 10 heteroatoms. The molecule has 0 spiro atoms. The van der Waals surface area contributed by atoms with Crippen molar-refractivity contribution < 1.29 is 20.2 Å². The molecule has 0 radical (unpaired) electrons. The number of nitrogens with zero attached hydrogens (tertiary/aromatic N) is 3. The number of nitrogens with one attached hydrogen (secondary N) is 1. The molecule has 1 rings (SSSR count). The molecule has 1 aromatic rings. The van der Waals surface area contributed by atoms with Crippen molar-refractivity contribution >= 4 is 18.0 Å². The van der Waals surface area contributed by atoms with Gasteiger partial charge in [-0.2, -0.15) is 4.98 Å². The van der Waals surface area contributed by atoms with Gasteiger partial charge in [0.25, 0.3) is 5.09 Å². The van der Waals surface area contributed by atoms with Gasteiger partial charge >= 0.3 is 5.97 Å². The first-order valence-corrected chi connectivity index (χ1v) is 3.34. The maximum atomic E-state index is 10.00. The van der Waals surface area contributed by atoms with Crippen LogP contribution in [0.5, 0.6) is 0 Å². The van der Waals surface area contributed by atoms with Crippen molar-refractivity contribution in [2.45, 2.75) is 0 Å². The normalized spacial score (nSPS) is 9.33. The molecule has 0 unspecified atom stereocenters. The molecule has 82 valence electrons. The van der Waals surface area contributed by atoms with Gasteiger partial charge in [0.2, 0.25) is 5.95 Å². The van der Waals surface area contributed by atoms with Gasteiger partial charge in [0, 0.05) is 6.08 Å². The summed E-state index contributed by atoms with van der Waals surface area (Å²) in [7, 11) is 0. The number of hydrogen-bond donors (Lipinski definition) is 4. The third-order valence-electron chi connectivity index (χ3n) is 0.904. The number of aromatic nitrogens is 3. The third kappa shape index (κ3) is 7.70. The van der Waals surface area contributed by atoms with E-state index in [1.165, 1.54) is 6.08 Å². The highest BCUT2D eigenvalue weighted by Gasteiger charge is 1.94. The van der Waals surface area contributed by atoms with Crippen LogP contribution in [0.1, 0.15) is 5.82 Å². The lowest BCUT2D eigenvalue weighted by molar-refractivity contribution is -0.742. The van der Waals surface area contributed by atoms with E-state index in [1.807, 2.05) is 0 Å². The molecule has 0 aromatic carbocycles. The lowest BCUT2D eigenvalue weighted by Gasteiger charge is -1.78. The van der Waals surface area contributed by atoms with Crippen LogP contribution in [0.2, 0.25) is 0 Å². The van der Waals surface area contributed by atoms with Crippen molar-refractivity contribution in [1.29, 1.82) is 0 Å². The molecule has 0 aliphatic heterocycles. The SMILES string of the molecule is Nc1n[nH]c(C=CC(=O)O)n1.O=[N+]([O-])O. The van der Waals surface area contributed by atoms with E-state index in [0.717, 1.165) is 6.08 Å². The van der Waals surface area contributed by atoms with Gasteiger partial charge in [0.15, 0.2) is 5.82 Å². The second-order valence-corrected chi connectivity index (χ2v) is 1.99. The van der Waals surface area contributed by atoms with E-state index >= 15 is 0 Å². The highest BCUT2D eigenvalue weighted by Crippen LogP contribution is 1.94. The molecule has 0 atom stereocenters. The van der Waals surface area contributed by atoms with E-state index in [2.05, 4.69) is 15.2 Å². The van der Waals surface area contributed by atoms with Crippen LogP contribution >= 0.6 is 0 Å². The fourth-order valence-electron chi connectivity index (χ4n) is 0.513. The second-order valence-electron chi connectivity index (χ2n) is 1.99. The molecule has 0 saturated heterocycles. The Balaban J connectivity index is 0.000000423. The van der Waals surface area contributed by atoms with Crippen molar-refractivity contribution in [1.82, 2.24) is 15.2 Å². The number of carboxylic acid groups (broad SMARTS) is 1. The first kappa shape index (κ1) is 12.3. The molecule has 0 bridgehead atoms. The maximum absolute atomic E-state index is 10.00. The van der Waals surface area contributed by atoms with Crippen molar-refractivity contribution in [2.24, 2.45) is 0 Å². The number of aliphatic carboxylic acids is 1. The van der Waals surface area contributed by atoms with Crippen LogP contribution < -0.4 is 5.73 Å². The predicted molar refractivity (Wildman–Crippen MR) is 46.2 cm³/mol. The average molecular weight is 217 g/mol. The number of carboxylic acids is 1. The Labute approximate surface area is 82.2 Å². The van der Waals surface area contributed by atoms with Crippen molar-refractivity contribution in [3.05, 3.63) is 22.0 Å². The van der Waals surface area contributed by atoms with E-state index in [1.54, 1.807) is 0 Å². The fraction of sp³-hybridized carbons (Fsp3) is 0. The average Bonchev–Trinajstić information content (AvgIpc) is 2.47. The molecule has 0 amide bonds. The minimum atomic E-state index is -1.50.